The quantitative estimate of drug-likeness (QED) is 0.827. The van der Waals surface area contributed by atoms with Gasteiger partial charge < -0.3 is 15.1 Å². The highest BCUT2D eigenvalue weighted by Crippen LogP contribution is 2.47. The normalized spacial score (nSPS) is 32.3. The van der Waals surface area contributed by atoms with Crippen LogP contribution in [0.1, 0.15) is 46.0 Å². The fraction of sp³-hybridized carbons (Fsp3) is 0.875. The molecule has 0 aromatic heterocycles. The Balaban J connectivity index is 1.78. The summed E-state index contributed by atoms with van der Waals surface area (Å²) in [5.74, 6) is -1.80. The second-order valence-corrected chi connectivity index (χ2v) is 7.36. The summed E-state index contributed by atoms with van der Waals surface area (Å²) in [4.78, 5) is 27.3. The van der Waals surface area contributed by atoms with Gasteiger partial charge in [0.1, 0.15) is 0 Å². The molecule has 0 radical (unpaired) electrons. The third-order valence-corrected chi connectivity index (χ3v) is 5.61. The van der Waals surface area contributed by atoms with E-state index in [1.165, 1.54) is 0 Å². The number of halogens is 3. The first-order valence-corrected chi connectivity index (χ1v) is 8.63. The highest BCUT2D eigenvalue weighted by Gasteiger charge is 2.60. The zero-order valence-corrected chi connectivity index (χ0v) is 14.0. The molecular formula is C16H24F3N3O2. The Morgan fingerprint density at radius 3 is 2.38 bits per heavy atom. The fourth-order valence-electron chi connectivity index (χ4n) is 3.99. The molecule has 1 N–H and O–H groups in total. The fourth-order valence-corrected chi connectivity index (χ4v) is 3.99. The molecule has 3 atom stereocenters. The van der Waals surface area contributed by atoms with E-state index in [9.17, 15) is 22.8 Å². The molecule has 0 aromatic rings. The van der Waals surface area contributed by atoms with Crippen molar-refractivity contribution in [1.82, 2.24) is 15.1 Å². The Morgan fingerprint density at radius 2 is 1.92 bits per heavy atom. The van der Waals surface area contributed by atoms with Crippen molar-refractivity contribution in [2.75, 3.05) is 13.1 Å². The lowest BCUT2D eigenvalue weighted by molar-refractivity contribution is -0.193. The number of rotatable bonds is 2. The van der Waals surface area contributed by atoms with Crippen molar-refractivity contribution >= 4 is 11.8 Å². The summed E-state index contributed by atoms with van der Waals surface area (Å²) < 4.78 is 38.7. The van der Waals surface area contributed by atoms with Crippen LogP contribution in [0.5, 0.6) is 0 Å². The summed E-state index contributed by atoms with van der Waals surface area (Å²) in [6.45, 7) is 4.06. The molecule has 2 saturated heterocycles. The van der Waals surface area contributed by atoms with E-state index in [4.69, 9.17) is 0 Å². The van der Waals surface area contributed by atoms with Gasteiger partial charge in [-0.1, -0.05) is 6.92 Å². The van der Waals surface area contributed by atoms with Gasteiger partial charge in [-0.2, -0.15) is 13.2 Å². The van der Waals surface area contributed by atoms with Gasteiger partial charge in [-0.05, 0) is 39.0 Å². The molecule has 0 bridgehead atoms. The van der Waals surface area contributed by atoms with E-state index in [0.29, 0.717) is 19.3 Å². The van der Waals surface area contributed by atoms with Crippen molar-refractivity contribution in [1.29, 1.82) is 0 Å². The van der Waals surface area contributed by atoms with Crippen LogP contribution in [0.3, 0.4) is 0 Å². The zero-order chi connectivity index (χ0) is 17.7. The molecular weight excluding hydrogens is 323 g/mol. The van der Waals surface area contributed by atoms with Crippen LogP contribution in [-0.4, -0.2) is 64.5 Å². The monoisotopic (exact) mass is 347 g/mol. The number of amides is 2. The topological polar surface area (TPSA) is 52.7 Å². The largest absolute Gasteiger partial charge is 0.471 e. The molecule has 2 heterocycles. The van der Waals surface area contributed by atoms with E-state index >= 15 is 0 Å². The van der Waals surface area contributed by atoms with Crippen LogP contribution in [0.25, 0.3) is 0 Å². The Bertz CT molecular complexity index is 533. The van der Waals surface area contributed by atoms with Gasteiger partial charge in [-0.25, -0.2) is 0 Å². The number of alkyl halides is 3. The number of carbonyl (C=O) groups excluding carboxylic acids is 2. The number of carbonyl (C=O) groups is 2. The first-order chi connectivity index (χ1) is 11.2. The molecule has 3 rings (SSSR count). The molecule has 3 aliphatic rings. The van der Waals surface area contributed by atoms with E-state index in [2.05, 4.69) is 5.32 Å². The minimum absolute atomic E-state index is 0.0249. The standard InChI is InChI=1S/C16H24F3N3O2/c1-3-11-8-22(14(24)16(17,18)19)15(6-7-15)9-21(11)13(23)12-5-4-10(2)20-12/h10-12,20H,3-9H2,1-2H3/t10-,11-,12-/m1/s1. The van der Waals surface area contributed by atoms with Gasteiger partial charge in [0, 0.05) is 25.2 Å². The second kappa shape index (κ2) is 5.89. The third-order valence-electron chi connectivity index (χ3n) is 5.61. The van der Waals surface area contributed by atoms with Crippen molar-refractivity contribution in [3.8, 4) is 0 Å². The highest BCUT2D eigenvalue weighted by molar-refractivity contribution is 5.85. The van der Waals surface area contributed by atoms with E-state index in [1.807, 2.05) is 13.8 Å². The van der Waals surface area contributed by atoms with Gasteiger partial charge in [0.2, 0.25) is 5.91 Å². The number of nitrogens with zero attached hydrogens (tertiary/aromatic N) is 2. The van der Waals surface area contributed by atoms with E-state index in [1.54, 1.807) is 4.90 Å². The van der Waals surface area contributed by atoms with Gasteiger partial charge in [-0.3, -0.25) is 9.59 Å². The van der Waals surface area contributed by atoms with Gasteiger partial charge in [-0.15, -0.1) is 0 Å². The summed E-state index contributed by atoms with van der Waals surface area (Å²) in [5.41, 5.74) is -0.807. The lowest BCUT2D eigenvalue weighted by Crippen LogP contribution is -2.66. The van der Waals surface area contributed by atoms with Crippen molar-refractivity contribution in [3.05, 3.63) is 0 Å². The summed E-state index contributed by atoms with van der Waals surface area (Å²) in [6, 6.07) is -0.329. The lowest BCUT2D eigenvalue weighted by Gasteiger charge is -2.47. The van der Waals surface area contributed by atoms with Crippen molar-refractivity contribution in [2.45, 2.75) is 75.8 Å². The Kier molecular flexibility index (Phi) is 4.30. The van der Waals surface area contributed by atoms with Crippen LogP contribution in [0.4, 0.5) is 13.2 Å². The van der Waals surface area contributed by atoms with Crippen LogP contribution in [-0.2, 0) is 9.59 Å². The van der Waals surface area contributed by atoms with Crippen LogP contribution in [0.2, 0.25) is 0 Å². The molecule has 2 amide bonds. The number of hydrogen-bond donors (Lipinski definition) is 1. The average Bonchev–Trinajstić information content (AvgIpc) is 3.15. The van der Waals surface area contributed by atoms with Crippen LogP contribution >= 0.6 is 0 Å². The summed E-state index contributed by atoms with van der Waals surface area (Å²) >= 11 is 0. The first kappa shape index (κ1) is 17.5. The molecule has 0 unspecified atom stereocenters. The van der Waals surface area contributed by atoms with Crippen LogP contribution in [0.15, 0.2) is 0 Å². The summed E-state index contributed by atoms with van der Waals surface area (Å²) in [5, 5.41) is 3.25. The third kappa shape index (κ3) is 3.00. The number of hydrogen-bond acceptors (Lipinski definition) is 3. The molecule has 2 aliphatic heterocycles. The maximum Gasteiger partial charge on any atom is 0.471 e. The molecule has 3 fully saturated rings. The molecule has 8 heteroatoms. The SMILES string of the molecule is CC[C@@H]1CN(C(=O)C(F)(F)F)C2(CC2)CN1C(=O)[C@H]1CC[C@@H](C)N1. The van der Waals surface area contributed by atoms with Crippen molar-refractivity contribution in [2.24, 2.45) is 0 Å². The van der Waals surface area contributed by atoms with Crippen molar-refractivity contribution < 1.29 is 22.8 Å². The van der Waals surface area contributed by atoms with Gasteiger partial charge in [0.15, 0.2) is 0 Å². The number of piperazine rings is 1. The molecule has 5 nitrogen and oxygen atoms in total. The first-order valence-electron chi connectivity index (χ1n) is 8.63. The van der Waals surface area contributed by atoms with E-state index < -0.39 is 17.6 Å². The highest BCUT2D eigenvalue weighted by atomic mass is 19.4. The molecule has 1 spiro atoms. The molecule has 1 saturated carbocycles. The Labute approximate surface area is 139 Å². The molecule has 1 aliphatic carbocycles. The maximum atomic E-state index is 12.9. The van der Waals surface area contributed by atoms with E-state index in [0.717, 1.165) is 17.7 Å². The van der Waals surface area contributed by atoms with Gasteiger partial charge in [0.05, 0.1) is 11.6 Å². The second-order valence-electron chi connectivity index (χ2n) is 7.36. The minimum Gasteiger partial charge on any atom is -0.334 e. The average molecular weight is 347 g/mol. The van der Waals surface area contributed by atoms with Gasteiger partial charge >= 0.3 is 12.1 Å². The predicted octanol–water partition coefficient (Wildman–Crippen LogP) is 1.67. The Hall–Kier alpha value is -1.31. The molecule has 24 heavy (non-hydrogen) atoms. The van der Waals surface area contributed by atoms with Crippen LogP contribution in [0, 0.1) is 0 Å². The summed E-state index contributed by atoms with van der Waals surface area (Å²) in [7, 11) is 0. The Morgan fingerprint density at radius 1 is 1.25 bits per heavy atom. The maximum absolute atomic E-state index is 12.9. The van der Waals surface area contributed by atoms with Crippen molar-refractivity contribution in [3.63, 3.8) is 0 Å². The van der Waals surface area contributed by atoms with Gasteiger partial charge in [0.25, 0.3) is 0 Å². The molecule has 136 valence electrons. The lowest BCUT2D eigenvalue weighted by atomic mass is 10.0. The summed E-state index contributed by atoms with van der Waals surface area (Å²) in [6.07, 6.45) is -1.59. The van der Waals surface area contributed by atoms with E-state index in [-0.39, 0.29) is 37.1 Å². The zero-order valence-electron chi connectivity index (χ0n) is 14.0. The predicted molar refractivity (Wildman–Crippen MR) is 81.1 cm³/mol. The van der Waals surface area contributed by atoms with Crippen LogP contribution < -0.4 is 5.32 Å². The smallest absolute Gasteiger partial charge is 0.334 e. The minimum atomic E-state index is -4.86. The number of nitrogens with one attached hydrogen (secondary N) is 1. The molecule has 0 aromatic carbocycles.